The topological polar surface area (TPSA) is 63.2 Å². The number of nitrogens with one attached hydrogen (secondary N) is 1. The van der Waals surface area contributed by atoms with Crippen molar-refractivity contribution in [1.29, 1.82) is 0 Å². The highest BCUT2D eigenvalue weighted by Crippen LogP contribution is 2.33. The van der Waals surface area contributed by atoms with Crippen LogP contribution in [0.2, 0.25) is 0 Å². The standard InChI is InChI=1S/C14H18F3NO3S/c1-8(2)22(20,21)10(4)13(19)18-11-6-5-9(3)12(7-11)14(15,16)17/h5-8,10H,1-4H3,(H,18,19). The maximum atomic E-state index is 12.8. The van der Waals surface area contributed by atoms with Gasteiger partial charge in [0, 0.05) is 5.69 Å². The predicted molar refractivity (Wildman–Crippen MR) is 78.3 cm³/mol. The number of alkyl halides is 3. The summed E-state index contributed by atoms with van der Waals surface area (Å²) >= 11 is 0. The van der Waals surface area contributed by atoms with Crippen molar-refractivity contribution in [3.63, 3.8) is 0 Å². The maximum absolute atomic E-state index is 12.8. The van der Waals surface area contributed by atoms with Crippen molar-refractivity contribution in [2.45, 2.75) is 44.4 Å². The lowest BCUT2D eigenvalue weighted by atomic mass is 10.1. The van der Waals surface area contributed by atoms with Crippen LogP contribution in [0.25, 0.3) is 0 Å². The second kappa shape index (κ2) is 6.28. The fourth-order valence-electron chi connectivity index (χ4n) is 1.81. The number of halogens is 3. The first-order valence-electron chi connectivity index (χ1n) is 6.58. The lowest BCUT2D eigenvalue weighted by Crippen LogP contribution is -2.36. The van der Waals surface area contributed by atoms with Gasteiger partial charge in [0.05, 0.1) is 10.8 Å². The minimum absolute atomic E-state index is 0.0216. The second-order valence-corrected chi connectivity index (χ2v) is 8.12. The van der Waals surface area contributed by atoms with Crippen molar-refractivity contribution in [3.8, 4) is 0 Å². The first kappa shape index (κ1) is 18.5. The lowest BCUT2D eigenvalue weighted by Gasteiger charge is -2.17. The number of benzene rings is 1. The van der Waals surface area contributed by atoms with E-state index in [9.17, 15) is 26.4 Å². The van der Waals surface area contributed by atoms with E-state index in [1.54, 1.807) is 0 Å². The summed E-state index contributed by atoms with van der Waals surface area (Å²) < 4.78 is 62.2. The zero-order valence-electron chi connectivity index (χ0n) is 12.7. The highest BCUT2D eigenvalue weighted by Gasteiger charge is 2.34. The predicted octanol–water partition coefficient (Wildman–Crippen LogP) is 3.16. The van der Waals surface area contributed by atoms with E-state index >= 15 is 0 Å². The van der Waals surface area contributed by atoms with Crippen molar-refractivity contribution < 1.29 is 26.4 Å². The molecule has 1 aromatic carbocycles. The minimum Gasteiger partial charge on any atom is -0.325 e. The average Bonchev–Trinajstić information content (AvgIpc) is 2.38. The van der Waals surface area contributed by atoms with Crippen molar-refractivity contribution in [2.24, 2.45) is 0 Å². The van der Waals surface area contributed by atoms with Gasteiger partial charge in [-0.25, -0.2) is 8.42 Å². The lowest BCUT2D eigenvalue weighted by molar-refractivity contribution is -0.138. The molecule has 0 aliphatic carbocycles. The first-order valence-corrected chi connectivity index (χ1v) is 8.19. The van der Waals surface area contributed by atoms with Crippen molar-refractivity contribution in [2.75, 3.05) is 5.32 Å². The minimum atomic E-state index is -4.54. The Hall–Kier alpha value is -1.57. The first-order chi connectivity index (χ1) is 9.87. The smallest absolute Gasteiger partial charge is 0.325 e. The van der Waals surface area contributed by atoms with Gasteiger partial charge in [-0.1, -0.05) is 6.07 Å². The molecule has 0 spiro atoms. The van der Waals surface area contributed by atoms with Crippen LogP contribution in [0.15, 0.2) is 18.2 Å². The van der Waals surface area contributed by atoms with Gasteiger partial charge in [-0.05, 0) is 45.4 Å². The van der Waals surface area contributed by atoms with Crippen LogP contribution in [-0.4, -0.2) is 24.8 Å². The van der Waals surface area contributed by atoms with Gasteiger partial charge in [-0.2, -0.15) is 13.2 Å². The molecule has 1 amide bonds. The molecule has 1 rings (SSSR count). The largest absolute Gasteiger partial charge is 0.416 e. The zero-order valence-corrected chi connectivity index (χ0v) is 13.5. The molecule has 1 atom stereocenters. The average molecular weight is 337 g/mol. The number of hydrogen-bond acceptors (Lipinski definition) is 3. The molecule has 22 heavy (non-hydrogen) atoms. The molecule has 1 aromatic rings. The van der Waals surface area contributed by atoms with E-state index in [2.05, 4.69) is 5.32 Å². The molecule has 124 valence electrons. The van der Waals surface area contributed by atoms with Crippen LogP contribution in [0, 0.1) is 6.92 Å². The number of sulfone groups is 1. The monoisotopic (exact) mass is 337 g/mol. The van der Waals surface area contributed by atoms with E-state index in [-0.39, 0.29) is 11.3 Å². The van der Waals surface area contributed by atoms with E-state index in [1.165, 1.54) is 39.8 Å². The summed E-state index contributed by atoms with van der Waals surface area (Å²) in [6, 6.07) is 3.32. The summed E-state index contributed by atoms with van der Waals surface area (Å²) in [7, 11) is -3.68. The maximum Gasteiger partial charge on any atom is 0.416 e. The van der Waals surface area contributed by atoms with E-state index in [1.807, 2.05) is 0 Å². The Kier molecular flexibility index (Phi) is 5.27. The number of rotatable bonds is 4. The van der Waals surface area contributed by atoms with Gasteiger partial charge in [0.15, 0.2) is 9.84 Å². The Morgan fingerprint density at radius 1 is 1.18 bits per heavy atom. The van der Waals surface area contributed by atoms with E-state index < -0.39 is 38.0 Å². The Balaban J connectivity index is 3.04. The summed E-state index contributed by atoms with van der Waals surface area (Å²) in [5.74, 6) is -0.856. The van der Waals surface area contributed by atoms with Crippen molar-refractivity contribution in [3.05, 3.63) is 29.3 Å². The van der Waals surface area contributed by atoms with Crippen LogP contribution in [0.5, 0.6) is 0 Å². The summed E-state index contributed by atoms with van der Waals surface area (Å²) in [6.07, 6.45) is -4.54. The van der Waals surface area contributed by atoms with Crippen LogP contribution in [0.3, 0.4) is 0 Å². The van der Waals surface area contributed by atoms with Gasteiger partial charge >= 0.3 is 6.18 Å². The molecule has 0 radical (unpaired) electrons. The molecule has 1 N–H and O–H groups in total. The third-order valence-corrected chi connectivity index (χ3v) is 5.84. The van der Waals surface area contributed by atoms with Gasteiger partial charge in [0.25, 0.3) is 0 Å². The van der Waals surface area contributed by atoms with Gasteiger partial charge in [-0.15, -0.1) is 0 Å². The second-order valence-electron chi connectivity index (χ2n) is 5.30. The quantitative estimate of drug-likeness (QED) is 0.918. The molecule has 0 saturated heterocycles. The molecule has 8 heteroatoms. The van der Waals surface area contributed by atoms with Gasteiger partial charge in [-0.3, -0.25) is 4.79 Å². The van der Waals surface area contributed by atoms with Crippen LogP contribution in [0.4, 0.5) is 18.9 Å². The number of anilines is 1. The Morgan fingerprint density at radius 2 is 1.73 bits per heavy atom. The zero-order chi connectivity index (χ0) is 17.3. The summed E-state index contributed by atoms with van der Waals surface area (Å²) in [4.78, 5) is 11.9. The molecule has 1 unspecified atom stereocenters. The Labute approximate surface area is 127 Å². The molecular weight excluding hydrogens is 319 g/mol. The van der Waals surface area contributed by atoms with Crippen LogP contribution < -0.4 is 5.32 Å². The Morgan fingerprint density at radius 3 is 2.18 bits per heavy atom. The summed E-state index contributed by atoms with van der Waals surface area (Å²) in [5.41, 5.74) is -0.938. The molecule has 4 nitrogen and oxygen atoms in total. The fraction of sp³-hybridized carbons (Fsp3) is 0.500. The van der Waals surface area contributed by atoms with Crippen molar-refractivity contribution >= 4 is 21.4 Å². The number of hydrogen-bond donors (Lipinski definition) is 1. The summed E-state index contributed by atoms with van der Waals surface area (Å²) in [6.45, 7) is 5.39. The number of carbonyl (C=O) groups excluding carboxylic acids is 1. The molecule has 0 aromatic heterocycles. The summed E-state index contributed by atoms with van der Waals surface area (Å²) in [5, 5.41) is 0.127. The van der Waals surface area contributed by atoms with Crippen LogP contribution in [-0.2, 0) is 20.8 Å². The molecule has 0 aliphatic heterocycles. The third kappa shape index (κ3) is 4.00. The number of carbonyl (C=O) groups is 1. The highest BCUT2D eigenvalue weighted by molar-refractivity contribution is 7.93. The van der Waals surface area contributed by atoms with Gasteiger partial charge in [0.2, 0.25) is 5.91 Å². The Bertz CT molecular complexity index is 666. The van der Waals surface area contributed by atoms with E-state index in [4.69, 9.17) is 0 Å². The van der Waals surface area contributed by atoms with E-state index in [0.717, 1.165) is 6.07 Å². The van der Waals surface area contributed by atoms with Gasteiger partial charge < -0.3 is 5.32 Å². The normalized spacial score (nSPS) is 14.0. The molecule has 0 bridgehead atoms. The number of amides is 1. The molecule has 0 heterocycles. The molecule has 0 aliphatic rings. The third-order valence-electron chi connectivity index (χ3n) is 3.33. The van der Waals surface area contributed by atoms with E-state index in [0.29, 0.717) is 0 Å². The van der Waals surface area contributed by atoms with Crippen LogP contribution in [0.1, 0.15) is 31.9 Å². The highest BCUT2D eigenvalue weighted by atomic mass is 32.2. The number of aryl methyl sites for hydroxylation is 1. The van der Waals surface area contributed by atoms with Gasteiger partial charge in [0.1, 0.15) is 5.25 Å². The molecule has 0 saturated carbocycles. The van der Waals surface area contributed by atoms with Crippen LogP contribution >= 0.6 is 0 Å². The molecular formula is C14H18F3NO3S. The molecule has 0 fully saturated rings. The SMILES string of the molecule is Cc1ccc(NC(=O)C(C)S(=O)(=O)C(C)C)cc1C(F)(F)F. The fourth-order valence-corrected chi connectivity index (χ4v) is 2.98. The van der Waals surface area contributed by atoms with Crippen molar-refractivity contribution in [1.82, 2.24) is 0 Å².